The molecule has 27 heavy (non-hydrogen) atoms. The van der Waals surface area contributed by atoms with E-state index in [0.717, 1.165) is 22.9 Å². The SMILES string of the molecule is COc1ccc2c(c1)c(SCC(=O)O)cn2S(=O)(=O)c1ccc(C)c(C)c1. The number of benzene rings is 2. The van der Waals surface area contributed by atoms with Gasteiger partial charge in [0.2, 0.25) is 0 Å². The Morgan fingerprint density at radius 3 is 2.52 bits per heavy atom. The van der Waals surface area contributed by atoms with Crippen LogP contribution < -0.4 is 4.74 Å². The molecule has 0 saturated carbocycles. The summed E-state index contributed by atoms with van der Waals surface area (Å²) < 4.78 is 32.9. The summed E-state index contributed by atoms with van der Waals surface area (Å²) in [5, 5.41) is 9.61. The number of ether oxygens (including phenoxy) is 1. The van der Waals surface area contributed by atoms with Crippen molar-refractivity contribution < 1.29 is 23.1 Å². The standard InChI is InChI=1S/C19H19NO5S2/c1-12-4-6-15(8-13(12)2)27(23,24)20-10-18(26-11-19(21)22)16-9-14(25-3)5-7-17(16)20/h4-10H,11H2,1-3H3,(H,21,22). The fraction of sp³-hybridized carbons (Fsp3) is 0.211. The highest BCUT2D eigenvalue weighted by Gasteiger charge is 2.22. The van der Waals surface area contributed by atoms with Crippen LogP contribution in [0.4, 0.5) is 0 Å². The summed E-state index contributed by atoms with van der Waals surface area (Å²) >= 11 is 1.07. The number of fused-ring (bicyclic) bond motifs is 1. The Balaban J connectivity index is 2.20. The van der Waals surface area contributed by atoms with Gasteiger partial charge in [0.15, 0.2) is 0 Å². The highest BCUT2D eigenvalue weighted by atomic mass is 32.2. The van der Waals surface area contributed by atoms with Crippen LogP contribution in [0.2, 0.25) is 0 Å². The molecule has 3 rings (SSSR count). The number of thioether (sulfide) groups is 1. The second kappa shape index (κ2) is 7.28. The molecule has 0 radical (unpaired) electrons. The monoisotopic (exact) mass is 405 g/mol. The van der Waals surface area contributed by atoms with Gasteiger partial charge in [0.1, 0.15) is 5.75 Å². The summed E-state index contributed by atoms with van der Waals surface area (Å²) in [6, 6.07) is 10.1. The molecule has 0 aliphatic rings. The van der Waals surface area contributed by atoms with Gasteiger partial charge in [0.25, 0.3) is 10.0 Å². The number of methoxy groups -OCH3 is 1. The third-order valence-corrected chi connectivity index (χ3v) is 7.02. The Kier molecular flexibility index (Phi) is 5.21. The Labute approximate surface area is 161 Å². The first kappa shape index (κ1) is 19.3. The van der Waals surface area contributed by atoms with E-state index < -0.39 is 16.0 Å². The lowest BCUT2D eigenvalue weighted by atomic mass is 10.1. The van der Waals surface area contributed by atoms with Crippen LogP contribution in [0.1, 0.15) is 11.1 Å². The van der Waals surface area contributed by atoms with Crippen LogP contribution in [0.25, 0.3) is 10.9 Å². The predicted molar refractivity (Wildman–Crippen MR) is 105 cm³/mol. The number of carboxylic acid groups (broad SMARTS) is 1. The topological polar surface area (TPSA) is 85.6 Å². The van der Waals surface area contributed by atoms with E-state index in [1.165, 1.54) is 17.3 Å². The van der Waals surface area contributed by atoms with E-state index in [0.29, 0.717) is 21.5 Å². The molecule has 0 amide bonds. The molecule has 2 aromatic carbocycles. The molecule has 0 saturated heterocycles. The molecule has 0 unspecified atom stereocenters. The Bertz CT molecular complexity index is 1130. The Hall–Kier alpha value is -2.45. The lowest BCUT2D eigenvalue weighted by Gasteiger charge is -2.10. The van der Waals surface area contributed by atoms with E-state index in [1.807, 2.05) is 13.8 Å². The number of carboxylic acids is 1. The van der Waals surface area contributed by atoms with Crippen molar-refractivity contribution in [2.75, 3.05) is 12.9 Å². The molecule has 0 bridgehead atoms. The number of hydrogen-bond donors (Lipinski definition) is 1. The van der Waals surface area contributed by atoms with Crippen molar-refractivity contribution in [1.29, 1.82) is 0 Å². The normalized spacial score (nSPS) is 11.7. The zero-order valence-electron chi connectivity index (χ0n) is 15.1. The average Bonchev–Trinajstić information content (AvgIpc) is 3.00. The minimum Gasteiger partial charge on any atom is -0.497 e. The fourth-order valence-corrected chi connectivity index (χ4v) is 5.02. The van der Waals surface area contributed by atoms with Gasteiger partial charge < -0.3 is 9.84 Å². The van der Waals surface area contributed by atoms with Crippen molar-refractivity contribution in [3.63, 3.8) is 0 Å². The highest BCUT2D eigenvalue weighted by Crippen LogP contribution is 2.35. The van der Waals surface area contributed by atoms with Crippen molar-refractivity contribution in [3.05, 3.63) is 53.7 Å². The van der Waals surface area contributed by atoms with Gasteiger partial charge in [0, 0.05) is 16.5 Å². The Morgan fingerprint density at radius 2 is 1.89 bits per heavy atom. The second-order valence-corrected chi connectivity index (χ2v) is 8.94. The molecule has 0 fully saturated rings. The van der Waals surface area contributed by atoms with Crippen LogP contribution in [0.15, 0.2) is 52.4 Å². The number of hydrogen-bond acceptors (Lipinski definition) is 5. The minimum atomic E-state index is -3.83. The van der Waals surface area contributed by atoms with E-state index in [4.69, 9.17) is 9.84 Å². The number of rotatable bonds is 6. The lowest BCUT2D eigenvalue weighted by molar-refractivity contribution is -0.133. The molecule has 1 aromatic heterocycles. The maximum absolute atomic E-state index is 13.2. The number of carbonyl (C=O) groups is 1. The third-order valence-electron chi connectivity index (χ3n) is 4.33. The fourth-order valence-electron chi connectivity index (χ4n) is 2.72. The van der Waals surface area contributed by atoms with E-state index in [9.17, 15) is 13.2 Å². The summed E-state index contributed by atoms with van der Waals surface area (Å²) in [4.78, 5) is 11.7. The third kappa shape index (κ3) is 3.68. The van der Waals surface area contributed by atoms with Crippen molar-refractivity contribution in [2.24, 2.45) is 0 Å². The van der Waals surface area contributed by atoms with E-state index in [-0.39, 0.29) is 10.6 Å². The summed E-state index contributed by atoms with van der Waals surface area (Å²) in [5.74, 6) is -0.568. The van der Waals surface area contributed by atoms with Gasteiger partial charge in [-0.2, -0.15) is 0 Å². The van der Waals surface area contributed by atoms with Gasteiger partial charge in [-0.05, 0) is 55.3 Å². The number of aromatic nitrogens is 1. The zero-order chi connectivity index (χ0) is 19.8. The van der Waals surface area contributed by atoms with E-state index in [1.54, 1.807) is 36.4 Å². The van der Waals surface area contributed by atoms with Crippen molar-refractivity contribution in [2.45, 2.75) is 23.6 Å². The van der Waals surface area contributed by atoms with Crippen LogP contribution in [-0.4, -0.2) is 36.3 Å². The molecule has 1 heterocycles. The van der Waals surface area contributed by atoms with Crippen molar-refractivity contribution in [1.82, 2.24) is 3.97 Å². The van der Waals surface area contributed by atoms with Crippen molar-refractivity contribution >= 4 is 38.7 Å². The van der Waals surface area contributed by atoms with Gasteiger partial charge in [-0.3, -0.25) is 4.79 Å². The van der Waals surface area contributed by atoms with Crippen LogP contribution in [-0.2, 0) is 14.8 Å². The smallest absolute Gasteiger partial charge is 0.313 e. The molecule has 8 heteroatoms. The first-order chi connectivity index (χ1) is 12.7. The molecule has 0 aliphatic heterocycles. The van der Waals surface area contributed by atoms with E-state index >= 15 is 0 Å². The van der Waals surface area contributed by atoms with Crippen LogP contribution >= 0.6 is 11.8 Å². The van der Waals surface area contributed by atoms with E-state index in [2.05, 4.69) is 0 Å². The van der Waals surface area contributed by atoms with Gasteiger partial charge >= 0.3 is 5.97 Å². The minimum absolute atomic E-state index is 0.167. The molecule has 0 spiro atoms. The molecular weight excluding hydrogens is 386 g/mol. The van der Waals surface area contributed by atoms with Gasteiger partial charge in [0.05, 0.1) is 23.3 Å². The van der Waals surface area contributed by atoms with Gasteiger partial charge in [-0.1, -0.05) is 6.07 Å². The highest BCUT2D eigenvalue weighted by molar-refractivity contribution is 8.00. The molecule has 0 aliphatic carbocycles. The summed E-state index contributed by atoms with van der Waals surface area (Å²) in [5.41, 5.74) is 2.37. The van der Waals surface area contributed by atoms with Gasteiger partial charge in [-0.15, -0.1) is 11.8 Å². The lowest BCUT2D eigenvalue weighted by Crippen LogP contribution is -2.12. The van der Waals surface area contributed by atoms with Crippen LogP contribution in [0, 0.1) is 13.8 Å². The molecular formula is C19H19NO5S2. The zero-order valence-corrected chi connectivity index (χ0v) is 16.7. The Morgan fingerprint density at radius 1 is 1.15 bits per heavy atom. The summed E-state index contributed by atoms with van der Waals surface area (Å²) in [7, 11) is -2.31. The predicted octanol–water partition coefficient (Wildman–Crippen LogP) is 3.68. The maximum atomic E-state index is 13.2. The first-order valence-electron chi connectivity index (χ1n) is 8.10. The molecule has 142 valence electrons. The molecule has 6 nitrogen and oxygen atoms in total. The molecule has 3 aromatic rings. The largest absolute Gasteiger partial charge is 0.497 e. The quantitative estimate of drug-likeness (QED) is 0.630. The molecule has 0 atom stereocenters. The maximum Gasteiger partial charge on any atom is 0.313 e. The van der Waals surface area contributed by atoms with Crippen molar-refractivity contribution in [3.8, 4) is 5.75 Å². The number of nitrogens with zero attached hydrogens (tertiary/aromatic N) is 1. The first-order valence-corrected chi connectivity index (χ1v) is 10.5. The number of aliphatic carboxylic acids is 1. The summed E-state index contributed by atoms with van der Waals surface area (Å²) in [6.07, 6.45) is 1.47. The van der Waals surface area contributed by atoms with Gasteiger partial charge in [-0.25, -0.2) is 12.4 Å². The van der Waals surface area contributed by atoms with Crippen LogP contribution in [0.3, 0.4) is 0 Å². The van der Waals surface area contributed by atoms with Crippen LogP contribution in [0.5, 0.6) is 5.75 Å². The molecule has 1 N–H and O–H groups in total. The number of aryl methyl sites for hydroxylation is 2. The average molecular weight is 405 g/mol. The second-order valence-electron chi connectivity index (χ2n) is 6.11. The summed E-state index contributed by atoms with van der Waals surface area (Å²) in [6.45, 7) is 3.78.